The van der Waals surface area contributed by atoms with Crippen molar-refractivity contribution in [2.45, 2.75) is 31.2 Å². The number of aliphatic hydroxyl groups is 1. The molecule has 0 radical (unpaired) electrons. The zero-order valence-electron chi connectivity index (χ0n) is 15.5. The van der Waals surface area contributed by atoms with E-state index < -0.39 is 17.5 Å². The molecule has 8 nitrogen and oxygen atoms in total. The average Bonchev–Trinajstić information content (AvgIpc) is 2.66. The second-order valence-corrected chi connectivity index (χ2v) is 6.53. The predicted octanol–water partition coefficient (Wildman–Crippen LogP) is 0.537. The highest BCUT2D eigenvalue weighted by Crippen LogP contribution is 2.35. The second kappa shape index (κ2) is 8.08. The third-order valence-corrected chi connectivity index (χ3v) is 4.96. The van der Waals surface area contributed by atoms with Gasteiger partial charge in [-0.2, -0.15) is 0 Å². The quantitative estimate of drug-likeness (QED) is 0.723. The van der Waals surface area contributed by atoms with E-state index in [0.717, 1.165) is 5.56 Å². The van der Waals surface area contributed by atoms with E-state index in [1.807, 2.05) is 12.1 Å². The van der Waals surface area contributed by atoms with Crippen LogP contribution in [0.2, 0.25) is 0 Å². The molecule has 1 aromatic carbocycles. The van der Waals surface area contributed by atoms with Crippen molar-refractivity contribution in [1.82, 2.24) is 9.13 Å². The van der Waals surface area contributed by atoms with Crippen LogP contribution >= 0.6 is 0 Å². The Morgan fingerprint density at radius 2 is 1.93 bits per heavy atom. The number of ether oxygens (including phenoxy) is 3. The first-order chi connectivity index (χ1) is 13.0. The maximum Gasteiger partial charge on any atom is 0.333 e. The summed E-state index contributed by atoms with van der Waals surface area (Å²) in [6.45, 7) is 0.472. The van der Waals surface area contributed by atoms with Gasteiger partial charge in [-0.05, 0) is 17.7 Å². The SMILES string of the molecule is COc1ccc(Cn2c(=O)ccn([C@]3(C[C@@H](CO)OC)CCO3)c2=O)cc1. The first kappa shape index (κ1) is 19.3. The molecular weight excluding hydrogens is 352 g/mol. The molecule has 1 aliphatic heterocycles. The van der Waals surface area contributed by atoms with Crippen molar-refractivity contribution in [2.24, 2.45) is 0 Å². The number of aliphatic hydroxyl groups excluding tert-OH is 1. The number of benzene rings is 1. The Labute approximate surface area is 156 Å². The number of rotatable bonds is 8. The molecule has 2 heterocycles. The monoisotopic (exact) mass is 376 g/mol. The van der Waals surface area contributed by atoms with Crippen molar-refractivity contribution in [1.29, 1.82) is 0 Å². The molecule has 1 aliphatic rings. The van der Waals surface area contributed by atoms with E-state index in [2.05, 4.69) is 0 Å². The molecule has 3 rings (SSSR count). The number of hydrogen-bond acceptors (Lipinski definition) is 6. The van der Waals surface area contributed by atoms with Crippen LogP contribution in [-0.2, 0) is 21.7 Å². The third kappa shape index (κ3) is 3.83. The summed E-state index contributed by atoms with van der Waals surface area (Å²) in [5.74, 6) is 0.702. The average molecular weight is 376 g/mol. The summed E-state index contributed by atoms with van der Waals surface area (Å²) < 4.78 is 18.7. The maximum absolute atomic E-state index is 13.0. The van der Waals surface area contributed by atoms with Crippen LogP contribution in [0.3, 0.4) is 0 Å². The molecule has 1 fully saturated rings. The van der Waals surface area contributed by atoms with Gasteiger partial charge in [0.1, 0.15) is 5.75 Å². The van der Waals surface area contributed by atoms with Crippen LogP contribution in [-0.4, -0.2) is 47.8 Å². The largest absolute Gasteiger partial charge is 0.497 e. The zero-order valence-corrected chi connectivity index (χ0v) is 15.5. The zero-order chi connectivity index (χ0) is 19.4. The van der Waals surface area contributed by atoms with Crippen molar-refractivity contribution < 1.29 is 19.3 Å². The van der Waals surface area contributed by atoms with E-state index in [0.29, 0.717) is 25.2 Å². The van der Waals surface area contributed by atoms with Crippen LogP contribution in [0.5, 0.6) is 5.75 Å². The van der Waals surface area contributed by atoms with E-state index >= 15 is 0 Å². The Hall–Kier alpha value is -2.42. The predicted molar refractivity (Wildman–Crippen MR) is 98.1 cm³/mol. The van der Waals surface area contributed by atoms with Gasteiger partial charge >= 0.3 is 5.69 Å². The molecule has 2 atom stereocenters. The third-order valence-electron chi connectivity index (χ3n) is 4.96. The van der Waals surface area contributed by atoms with Crippen LogP contribution in [0, 0.1) is 0 Å². The molecule has 0 spiro atoms. The number of nitrogens with zero attached hydrogens (tertiary/aromatic N) is 2. The first-order valence-electron chi connectivity index (χ1n) is 8.76. The summed E-state index contributed by atoms with van der Waals surface area (Å²) >= 11 is 0. The van der Waals surface area contributed by atoms with Crippen LogP contribution in [0.25, 0.3) is 0 Å². The van der Waals surface area contributed by atoms with Gasteiger partial charge in [0.25, 0.3) is 5.56 Å². The van der Waals surface area contributed by atoms with Gasteiger partial charge in [0.2, 0.25) is 0 Å². The summed E-state index contributed by atoms with van der Waals surface area (Å²) in [7, 11) is 3.08. The molecule has 0 saturated carbocycles. The van der Waals surface area contributed by atoms with Crippen LogP contribution in [0.1, 0.15) is 18.4 Å². The number of aromatic nitrogens is 2. The minimum absolute atomic E-state index is 0.145. The lowest BCUT2D eigenvalue weighted by Gasteiger charge is -2.44. The van der Waals surface area contributed by atoms with Gasteiger partial charge < -0.3 is 19.3 Å². The Kier molecular flexibility index (Phi) is 5.79. The first-order valence-corrected chi connectivity index (χ1v) is 8.76. The highest BCUT2D eigenvalue weighted by atomic mass is 16.5. The van der Waals surface area contributed by atoms with E-state index in [1.54, 1.807) is 19.2 Å². The van der Waals surface area contributed by atoms with E-state index in [-0.39, 0.29) is 18.7 Å². The van der Waals surface area contributed by atoms with Gasteiger partial charge in [-0.3, -0.25) is 13.9 Å². The molecule has 1 N–H and O–H groups in total. The molecule has 0 unspecified atom stereocenters. The van der Waals surface area contributed by atoms with Crippen molar-refractivity contribution in [3.63, 3.8) is 0 Å². The van der Waals surface area contributed by atoms with Gasteiger partial charge in [0.05, 0.1) is 33.0 Å². The van der Waals surface area contributed by atoms with Crippen LogP contribution < -0.4 is 16.0 Å². The lowest BCUT2D eigenvalue weighted by Crippen LogP contribution is -2.56. The standard InChI is InChI=1S/C19H24N2O6/c1-25-15-5-3-14(4-6-15)12-20-17(23)7-9-21(18(20)24)19(8-10-27-19)11-16(13-22)26-2/h3-7,9,16,22H,8,10-13H2,1-2H3/t16-,19+/m0/s1. The van der Waals surface area contributed by atoms with E-state index in [1.165, 1.54) is 28.5 Å². The fourth-order valence-corrected chi connectivity index (χ4v) is 3.25. The van der Waals surface area contributed by atoms with Gasteiger partial charge in [0, 0.05) is 32.2 Å². The lowest BCUT2D eigenvalue weighted by atomic mass is 9.97. The van der Waals surface area contributed by atoms with Gasteiger partial charge in [0.15, 0.2) is 5.72 Å². The maximum atomic E-state index is 13.0. The molecule has 8 heteroatoms. The molecular formula is C19H24N2O6. The fourth-order valence-electron chi connectivity index (χ4n) is 3.25. The van der Waals surface area contributed by atoms with Crippen molar-refractivity contribution in [3.8, 4) is 5.75 Å². The number of methoxy groups -OCH3 is 2. The smallest absolute Gasteiger partial charge is 0.333 e. The minimum Gasteiger partial charge on any atom is -0.497 e. The Bertz CT molecular complexity index is 878. The topological polar surface area (TPSA) is 91.9 Å². The van der Waals surface area contributed by atoms with E-state index in [9.17, 15) is 14.7 Å². The fraction of sp³-hybridized carbons (Fsp3) is 0.474. The van der Waals surface area contributed by atoms with Crippen molar-refractivity contribution >= 4 is 0 Å². The summed E-state index contributed by atoms with van der Waals surface area (Å²) in [5.41, 5.74) is -0.935. The molecule has 1 aromatic heterocycles. The molecule has 0 aliphatic carbocycles. The Balaban J connectivity index is 1.95. The van der Waals surface area contributed by atoms with Crippen molar-refractivity contribution in [2.75, 3.05) is 27.4 Å². The van der Waals surface area contributed by atoms with E-state index in [4.69, 9.17) is 14.2 Å². The summed E-state index contributed by atoms with van der Waals surface area (Å²) in [6.07, 6.45) is 1.92. The summed E-state index contributed by atoms with van der Waals surface area (Å²) in [6, 6.07) is 8.54. The normalized spacial score (nSPS) is 20.1. The molecule has 0 amide bonds. The summed E-state index contributed by atoms with van der Waals surface area (Å²) in [4.78, 5) is 25.3. The van der Waals surface area contributed by atoms with Crippen LogP contribution in [0.4, 0.5) is 0 Å². The summed E-state index contributed by atoms with van der Waals surface area (Å²) in [5, 5.41) is 9.43. The second-order valence-electron chi connectivity index (χ2n) is 6.53. The minimum atomic E-state index is -0.907. The molecule has 146 valence electrons. The van der Waals surface area contributed by atoms with Gasteiger partial charge in [-0.1, -0.05) is 12.1 Å². The van der Waals surface area contributed by atoms with Gasteiger partial charge in [-0.15, -0.1) is 0 Å². The molecule has 0 bridgehead atoms. The number of hydrogen-bond donors (Lipinski definition) is 1. The Morgan fingerprint density at radius 3 is 2.44 bits per heavy atom. The van der Waals surface area contributed by atoms with Crippen LogP contribution in [0.15, 0.2) is 46.1 Å². The highest BCUT2D eigenvalue weighted by Gasteiger charge is 2.43. The molecule has 1 saturated heterocycles. The van der Waals surface area contributed by atoms with Crippen molar-refractivity contribution in [3.05, 3.63) is 62.9 Å². The molecule has 27 heavy (non-hydrogen) atoms. The molecule has 2 aromatic rings. The highest BCUT2D eigenvalue weighted by molar-refractivity contribution is 5.27. The lowest BCUT2D eigenvalue weighted by molar-refractivity contribution is -0.227. The Morgan fingerprint density at radius 1 is 1.22 bits per heavy atom. The van der Waals surface area contributed by atoms with Gasteiger partial charge in [-0.25, -0.2) is 4.79 Å².